The number of rotatable bonds is 5. The van der Waals surface area contributed by atoms with E-state index in [1.165, 1.54) is 38.6 Å². The largest absolute Gasteiger partial charge is 0.296 e. The van der Waals surface area contributed by atoms with Crippen LogP contribution in [0.25, 0.3) is 0 Å². The monoisotopic (exact) mass is 204 g/mol. The first-order valence-electron chi connectivity index (χ1n) is 6.18. The Morgan fingerprint density at radius 2 is 2.20 bits per heavy atom. The number of hydrogen-bond acceptors (Lipinski definition) is 2. The maximum absolute atomic E-state index is 8.67. The number of allylic oxidation sites excluding steroid dienone is 1. The van der Waals surface area contributed by atoms with Crippen molar-refractivity contribution in [3.8, 4) is 6.07 Å². The van der Waals surface area contributed by atoms with E-state index in [1.54, 1.807) is 0 Å². The molecule has 82 valence electrons. The molecule has 2 nitrogen and oxygen atoms in total. The molecule has 2 aliphatic carbocycles. The van der Waals surface area contributed by atoms with E-state index < -0.39 is 0 Å². The number of nitriles is 1. The molecule has 0 heterocycles. The van der Waals surface area contributed by atoms with Crippen LogP contribution >= 0.6 is 0 Å². The Morgan fingerprint density at radius 3 is 2.80 bits per heavy atom. The highest BCUT2D eigenvalue weighted by molar-refractivity contribution is 4.99. The maximum Gasteiger partial charge on any atom is 0.0635 e. The molecule has 1 atom stereocenters. The molecule has 15 heavy (non-hydrogen) atoms. The van der Waals surface area contributed by atoms with Gasteiger partial charge in [0.1, 0.15) is 0 Å². The minimum Gasteiger partial charge on any atom is -0.296 e. The van der Waals surface area contributed by atoms with Crippen molar-refractivity contribution in [2.75, 3.05) is 13.1 Å². The standard InChI is InChI=1S/C13H20N2/c14-9-4-10-15(11-12-7-8-12)13-5-2-1-3-6-13/h2,5,12-13H,1,3-4,6-8,10-11H2/t13-/m1/s1. The Hall–Kier alpha value is -0.810. The van der Waals surface area contributed by atoms with Crippen LogP contribution in [0.3, 0.4) is 0 Å². The Bertz CT molecular complexity index is 260. The summed E-state index contributed by atoms with van der Waals surface area (Å²) in [6.45, 7) is 2.18. The lowest BCUT2D eigenvalue weighted by atomic mass is 10.0. The predicted octanol–water partition coefficient (Wildman–Crippen LogP) is 2.72. The molecule has 2 rings (SSSR count). The van der Waals surface area contributed by atoms with Crippen molar-refractivity contribution in [1.82, 2.24) is 4.90 Å². The summed E-state index contributed by atoms with van der Waals surface area (Å²) >= 11 is 0. The Morgan fingerprint density at radius 1 is 1.33 bits per heavy atom. The molecule has 0 N–H and O–H groups in total. The molecule has 0 bridgehead atoms. The fourth-order valence-electron chi connectivity index (χ4n) is 2.32. The van der Waals surface area contributed by atoms with Crippen LogP contribution in [-0.2, 0) is 0 Å². The van der Waals surface area contributed by atoms with Crippen molar-refractivity contribution in [2.45, 2.75) is 44.6 Å². The third kappa shape index (κ3) is 3.35. The van der Waals surface area contributed by atoms with Gasteiger partial charge in [0.2, 0.25) is 0 Å². The third-order valence-electron chi connectivity index (χ3n) is 3.40. The SMILES string of the molecule is N#CCCN(CC1CC1)[C@@H]1C=CCCC1. The Balaban J connectivity index is 1.86. The molecular weight excluding hydrogens is 184 g/mol. The van der Waals surface area contributed by atoms with Crippen LogP contribution in [0.5, 0.6) is 0 Å². The summed E-state index contributed by atoms with van der Waals surface area (Å²) in [5.74, 6) is 0.930. The lowest BCUT2D eigenvalue weighted by Crippen LogP contribution is -2.37. The second-order valence-electron chi connectivity index (χ2n) is 4.77. The first-order valence-corrected chi connectivity index (χ1v) is 6.18. The lowest BCUT2D eigenvalue weighted by molar-refractivity contribution is 0.209. The van der Waals surface area contributed by atoms with Crippen LogP contribution < -0.4 is 0 Å². The van der Waals surface area contributed by atoms with Crippen molar-refractivity contribution in [3.63, 3.8) is 0 Å². The highest BCUT2D eigenvalue weighted by atomic mass is 15.2. The van der Waals surface area contributed by atoms with E-state index in [2.05, 4.69) is 23.1 Å². The fourth-order valence-corrected chi connectivity index (χ4v) is 2.32. The van der Waals surface area contributed by atoms with Gasteiger partial charge in [-0.1, -0.05) is 12.2 Å². The Labute approximate surface area is 92.6 Å². The minimum absolute atomic E-state index is 0.618. The van der Waals surface area contributed by atoms with E-state index in [0.29, 0.717) is 12.5 Å². The molecule has 2 aliphatic rings. The van der Waals surface area contributed by atoms with E-state index in [1.807, 2.05) is 0 Å². The van der Waals surface area contributed by atoms with Crippen LogP contribution in [0.4, 0.5) is 0 Å². The zero-order valence-corrected chi connectivity index (χ0v) is 9.36. The Kier molecular flexibility index (Phi) is 3.80. The van der Waals surface area contributed by atoms with Crippen LogP contribution in [0.1, 0.15) is 38.5 Å². The molecule has 1 fully saturated rings. The zero-order valence-electron chi connectivity index (χ0n) is 9.36. The molecule has 0 spiro atoms. The normalized spacial score (nSPS) is 25.5. The van der Waals surface area contributed by atoms with Crippen molar-refractivity contribution in [1.29, 1.82) is 5.26 Å². The summed E-state index contributed by atoms with van der Waals surface area (Å²) in [5.41, 5.74) is 0. The average molecular weight is 204 g/mol. The van der Waals surface area contributed by atoms with E-state index in [9.17, 15) is 0 Å². The lowest BCUT2D eigenvalue weighted by Gasteiger charge is -2.30. The predicted molar refractivity (Wildman–Crippen MR) is 61.3 cm³/mol. The van der Waals surface area contributed by atoms with Gasteiger partial charge in [0, 0.05) is 25.6 Å². The quantitative estimate of drug-likeness (QED) is 0.644. The molecule has 0 aliphatic heterocycles. The van der Waals surface area contributed by atoms with E-state index >= 15 is 0 Å². The smallest absolute Gasteiger partial charge is 0.0635 e. The highest BCUT2D eigenvalue weighted by Gasteiger charge is 2.27. The van der Waals surface area contributed by atoms with Gasteiger partial charge < -0.3 is 0 Å². The van der Waals surface area contributed by atoms with Gasteiger partial charge in [0.15, 0.2) is 0 Å². The fraction of sp³-hybridized carbons (Fsp3) is 0.769. The van der Waals surface area contributed by atoms with Gasteiger partial charge >= 0.3 is 0 Å². The third-order valence-corrected chi connectivity index (χ3v) is 3.40. The van der Waals surface area contributed by atoms with Crippen molar-refractivity contribution in [2.24, 2.45) is 5.92 Å². The summed E-state index contributed by atoms with van der Waals surface area (Å²) < 4.78 is 0. The molecule has 0 aromatic heterocycles. The number of hydrogen-bond donors (Lipinski definition) is 0. The van der Waals surface area contributed by atoms with Crippen molar-refractivity contribution in [3.05, 3.63) is 12.2 Å². The molecule has 1 saturated carbocycles. The summed E-state index contributed by atoms with van der Waals surface area (Å²) in [5, 5.41) is 8.67. The highest BCUT2D eigenvalue weighted by Crippen LogP contribution is 2.31. The zero-order chi connectivity index (χ0) is 10.5. The van der Waals surface area contributed by atoms with Gasteiger partial charge in [-0.05, 0) is 38.0 Å². The van der Waals surface area contributed by atoms with Crippen LogP contribution in [-0.4, -0.2) is 24.0 Å². The van der Waals surface area contributed by atoms with E-state index in [4.69, 9.17) is 5.26 Å². The van der Waals surface area contributed by atoms with Gasteiger partial charge in [-0.3, -0.25) is 4.90 Å². The number of nitrogens with zero attached hydrogens (tertiary/aromatic N) is 2. The van der Waals surface area contributed by atoms with Gasteiger partial charge in [-0.25, -0.2) is 0 Å². The molecule has 0 aromatic rings. The molecule has 0 saturated heterocycles. The molecule has 0 radical (unpaired) electrons. The van der Waals surface area contributed by atoms with E-state index in [-0.39, 0.29) is 0 Å². The molecular formula is C13H20N2. The summed E-state index contributed by atoms with van der Waals surface area (Å²) in [7, 11) is 0. The molecule has 0 aromatic carbocycles. The van der Waals surface area contributed by atoms with Crippen LogP contribution in [0.2, 0.25) is 0 Å². The van der Waals surface area contributed by atoms with Gasteiger partial charge in [0.25, 0.3) is 0 Å². The second kappa shape index (κ2) is 5.32. The average Bonchev–Trinajstić information content (AvgIpc) is 3.09. The van der Waals surface area contributed by atoms with Crippen molar-refractivity contribution >= 4 is 0 Å². The van der Waals surface area contributed by atoms with Gasteiger partial charge in [0.05, 0.1) is 6.07 Å². The first-order chi connectivity index (χ1) is 7.40. The topological polar surface area (TPSA) is 27.0 Å². The molecule has 0 amide bonds. The molecule has 2 heteroatoms. The maximum atomic E-state index is 8.67. The summed E-state index contributed by atoms with van der Waals surface area (Å²) in [6.07, 6.45) is 12.0. The molecule has 0 unspecified atom stereocenters. The minimum atomic E-state index is 0.618. The van der Waals surface area contributed by atoms with Crippen LogP contribution in [0.15, 0.2) is 12.2 Å². The van der Waals surface area contributed by atoms with Crippen molar-refractivity contribution < 1.29 is 0 Å². The van der Waals surface area contributed by atoms with Gasteiger partial charge in [-0.15, -0.1) is 0 Å². The second-order valence-corrected chi connectivity index (χ2v) is 4.77. The van der Waals surface area contributed by atoms with E-state index in [0.717, 1.165) is 12.5 Å². The summed E-state index contributed by atoms with van der Waals surface area (Å²) in [6, 6.07) is 2.88. The van der Waals surface area contributed by atoms with Gasteiger partial charge in [-0.2, -0.15) is 5.26 Å². The summed E-state index contributed by atoms with van der Waals surface area (Å²) in [4.78, 5) is 2.52. The van der Waals surface area contributed by atoms with Crippen LogP contribution in [0, 0.1) is 17.2 Å². The first kappa shape index (κ1) is 10.7.